The number of nitrogens with zero attached hydrogens (tertiary/aromatic N) is 1. The van der Waals surface area contributed by atoms with Crippen LogP contribution in [0.1, 0.15) is 31.9 Å². The van der Waals surface area contributed by atoms with Crippen LogP contribution in [0.3, 0.4) is 0 Å². The molecule has 17 heavy (non-hydrogen) atoms. The van der Waals surface area contributed by atoms with Gasteiger partial charge in [0, 0.05) is 13.3 Å². The number of nitrogens with one attached hydrogen (secondary N) is 2. The third kappa shape index (κ3) is 2.67. The van der Waals surface area contributed by atoms with Crippen LogP contribution in [0.4, 0.5) is 0 Å². The van der Waals surface area contributed by atoms with E-state index < -0.39 is 0 Å². The number of aromatic amines is 1. The van der Waals surface area contributed by atoms with Gasteiger partial charge in [0.1, 0.15) is 0 Å². The van der Waals surface area contributed by atoms with Crippen molar-refractivity contribution in [2.45, 2.75) is 32.1 Å². The topological polar surface area (TPSA) is 40.7 Å². The molecule has 0 radical (unpaired) electrons. The van der Waals surface area contributed by atoms with E-state index >= 15 is 0 Å². The van der Waals surface area contributed by atoms with Gasteiger partial charge in [0.25, 0.3) is 0 Å². The van der Waals surface area contributed by atoms with E-state index in [9.17, 15) is 0 Å². The first-order chi connectivity index (χ1) is 8.36. The monoisotopic (exact) mass is 233 g/mol. The largest absolute Gasteiger partial charge is 0.357 e. The fourth-order valence-corrected chi connectivity index (χ4v) is 2.39. The molecule has 0 saturated heterocycles. The smallest absolute Gasteiger partial charge is 0.0913 e. The minimum absolute atomic E-state index is 0. The average molecular weight is 233 g/mol. The Morgan fingerprint density at radius 1 is 1.24 bits per heavy atom. The van der Waals surface area contributed by atoms with Gasteiger partial charge < -0.3 is 10.3 Å². The lowest BCUT2D eigenvalue weighted by molar-refractivity contribution is 0.708. The van der Waals surface area contributed by atoms with Crippen molar-refractivity contribution in [2.24, 2.45) is 0 Å². The maximum Gasteiger partial charge on any atom is 0.0913 e. The van der Waals surface area contributed by atoms with Gasteiger partial charge >= 0.3 is 0 Å². The molecule has 0 saturated carbocycles. The zero-order valence-corrected chi connectivity index (χ0v) is 10.7. The quantitative estimate of drug-likeness (QED) is 0.687. The molecule has 3 heteroatoms. The molecule has 3 rings (SSSR count). The molecule has 0 bridgehead atoms. The lowest BCUT2D eigenvalue weighted by Crippen LogP contribution is -1.89. The Kier molecular flexibility index (Phi) is 4.15. The fraction of sp³-hybridized carbons (Fsp3) is 0.500. The molecule has 0 fully saturated rings. The number of rotatable bonds is 0. The number of aromatic nitrogens is 2. The van der Waals surface area contributed by atoms with Gasteiger partial charge in [-0.05, 0) is 57.5 Å². The maximum atomic E-state index is 4.46. The second-order valence-electron chi connectivity index (χ2n) is 4.54. The van der Waals surface area contributed by atoms with Crippen LogP contribution >= 0.6 is 0 Å². The summed E-state index contributed by atoms with van der Waals surface area (Å²) in [7, 11) is 3.75. The molecule has 0 atom stereocenters. The third-order valence-corrected chi connectivity index (χ3v) is 3.10. The van der Waals surface area contributed by atoms with Gasteiger partial charge in [-0.2, -0.15) is 0 Å². The number of fused-ring (bicyclic) bond motifs is 3. The van der Waals surface area contributed by atoms with Gasteiger partial charge in [-0.3, -0.25) is 4.98 Å². The Morgan fingerprint density at radius 2 is 2.00 bits per heavy atom. The van der Waals surface area contributed by atoms with E-state index in [-0.39, 0.29) is 1.43 Å². The molecule has 1 aliphatic rings. The minimum Gasteiger partial charge on any atom is -0.357 e. The summed E-state index contributed by atoms with van der Waals surface area (Å²) in [4.78, 5) is 7.96. The minimum atomic E-state index is 0. The van der Waals surface area contributed by atoms with Crippen molar-refractivity contribution in [1.82, 2.24) is 15.3 Å². The van der Waals surface area contributed by atoms with Crippen molar-refractivity contribution in [3.63, 3.8) is 0 Å². The number of aryl methyl sites for hydroxylation is 2. The molecule has 0 amide bonds. The first kappa shape index (κ1) is 12.1. The zero-order chi connectivity index (χ0) is 12.1. The molecule has 2 N–H and O–H groups in total. The molecule has 0 aliphatic heterocycles. The van der Waals surface area contributed by atoms with Crippen molar-refractivity contribution in [3.8, 4) is 0 Å². The lowest BCUT2D eigenvalue weighted by Gasteiger charge is -1.95. The second kappa shape index (κ2) is 5.82. The molecular weight excluding hydrogens is 210 g/mol. The summed E-state index contributed by atoms with van der Waals surface area (Å²) in [6.07, 6.45) is 8.28. The number of hydrogen-bond acceptors (Lipinski definition) is 2. The first-order valence-electron chi connectivity index (χ1n) is 6.39. The van der Waals surface area contributed by atoms with Gasteiger partial charge in [0.05, 0.1) is 11.0 Å². The highest BCUT2D eigenvalue weighted by Gasteiger charge is 2.14. The summed E-state index contributed by atoms with van der Waals surface area (Å²) in [5.41, 5.74) is 5.30. The van der Waals surface area contributed by atoms with Crippen molar-refractivity contribution in [1.29, 1.82) is 0 Å². The Hall–Kier alpha value is -1.35. The SMILES string of the molecule is CNC.[HH].c1cnc2c3c([nH]c2c1)CCCCC3. The molecule has 2 aromatic rings. The van der Waals surface area contributed by atoms with E-state index in [4.69, 9.17) is 0 Å². The van der Waals surface area contributed by atoms with Gasteiger partial charge in [-0.1, -0.05) is 6.42 Å². The molecule has 0 unspecified atom stereocenters. The van der Waals surface area contributed by atoms with E-state index in [2.05, 4.69) is 21.4 Å². The van der Waals surface area contributed by atoms with Crippen LogP contribution in [0.25, 0.3) is 11.0 Å². The molecule has 94 valence electrons. The number of hydrogen-bond donors (Lipinski definition) is 2. The number of pyridine rings is 1. The van der Waals surface area contributed by atoms with E-state index in [1.807, 2.05) is 26.4 Å². The van der Waals surface area contributed by atoms with Gasteiger partial charge in [-0.25, -0.2) is 0 Å². The molecule has 3 nitrogen and oxygen atoms in total. The highest BCUT2D eigenvalue weighted by molar-refractivity contribution is 5.80. The maximum absolute atomic E-state index is 4.46. The molecule has 2 aromatic heterocycles. The lowest BCUT2D eigenvalue weighted by atomic mass is 10.1. The summed E-state index contributed by atoms with van der Waals surface area (Å²) in [6.45, 7) is 0. The van der Waals surface area contributed by atoms with Crippen LogP contribution in [0.5, 0.6) is 0 Å². The molecular formula is C14H23N3. The van der Waals surface area contributed by atoms with E-state index in [1.54, 1.807) is 0 Å². The zero-order valence-electron chi connectivity index (χ0n) is 10.7. The summed E-state index contributed by atoms with van der Waals surface area (Å²) in [6, 6.07) is 4.12. The predicted molar refractivity (Wildman–Crippen MR) is 74.5 cm³/mol. The van der Waals surface area contributed by atoms with E-state index in [0.29, 0.717) is 0 Å². The van der Waals surface area contributed by atoms with Crippen LogP contribution in [0, 0.1) is 0 Å². The van der Waals surface area contributed by atoms with E-state index in [0.717, 1.165) is 0 Å². The van der Waals surface area contributed by atoms with Crippen LogP contribution in [0.15, 0.2) is 18.3 Å². The van der Waals surface area contributed by atoms with Crippen molar-refractivity contribution < 1.29 is 1.43 Å². The highest BCUT2D eigenvalue weighted by Crippen LogP contribution is 2.26. The first-order valence-corrected chi connectivity index (χ1v) is 6.39. The summed E-state index contributed by atoms with van der Waals surface area (Å²) in [5, 5.41) is 2.75. The van der Waals surface area contributed by atoms with Gasteiger partial charge in [-0.15, -0.1) is 0 Å². The summed E-state index contributed by atoms with van der Waals surface area (Å²) >= 11 is 0. The Bertz CT molecular complexity index is 479. The van der Waals surface area contributed by atoms with Crippen LogP contribution in [0.2, 0.25) is 0 Å². The second-order valence-corrected chi connectivity index (χ2v) is 4.54. The van der Waals surface area contributed by atoms with E-state index in [1.165, 1.54) is 54.4 Å². The third-order valence-electron chi connectivity index (χ3n) is 3.10. The molecule has 0 spiro atoms. The highest BCUT2D eigenvalue weighted by atomic mass is 14.8. The van der Waals surface area contributed by atoms with Crippen molar-refractivity contribution in [3.05, 3.63) is 29.6 Å². The fourth-order valence-electron chi connectivity index (χ4n) is 2.39. The normalized spacial score (nSPS) is 14.7. The summed E-state index contributed by atoms with van der Waals surface area (Å²) in [5.74, 6) is 0. The van der Waals surface area contributed by atoms with Gasteiger partial charge in [0.2, 0.25) is 0 Å². The van der Waals surface area contributed by atoms with Crippen molar-refractivity contribution >= 4 is 11.0 Å². The van der Waals surface area contributed by atoms with Crippen LogP contribution in [-0.2, 0) is 12.8 Å². The molecule has 1 aliphatic carbocycles. The average Bonchev–Trinajstić information content (AvgIpc) is 2.53. The summed E-state index contributed by atoms with van der Waals surface area (Å²) < 4.78 is 0. The Balaban J connectivity index is 0.000000372. The Labute approximate surface area is 104 Å². The van der Waals surface area contributed by atoms with Crippen LogP contribution < -0.4 is 5.32 Å². The Morgan fingerprint density at radius 3 is 2.82 bits per heavy atom. The predicted octanol–water partition coefficient (Wildman–Crippen LogP) is 2.91. The van der Waals surface area contributed by atoms with Crippen molar-refractivity contribution in [2.75, 3.05) is 14.1 Å². The standard InChI is InChI=1S/C12H14N2.C2H7N.H2/c1-2-5-9-10(6-3-1)14-11-7-4-8-13-12(9)11;1-3-2;/h4,7-8,14H,1-3,5-6H2;3H,1-2H3;1H. The van der Waals surface area contributed by atoms with Gasteiger partial charge in [0.15, 0.2) is 0 Å². The van der Waals surface area contributed by atoms with Crippen LogP contribution in [-0.4, -0.2) is 24.1 Å². The molecule has 2 heterocycles. The molecule has 0 aromatic carbocycles. The number of H-pyrrole nitrogens is 1.